The van der Waals surface area contributed by atoms with Gasteiger partial charge in [0.05, 0.1) is 0 Å². The first-order chi connectivity index (χ1) is 11.1. The van der Waals surface area contributed by atoms with Crippen LogP contribution < -0.4 is 0 Å². The minimum atomic E-state index is 0.146. The average Bonchev–Trinajstić information content (AvgIpc) is 2.56. The SMILES string of the molecule is CC(=O)N1CCC(CC(=O)N(C)CCCc2ccccc2)CC1. The maximum atomic E-state index is 12.3. The number of rotatable bonds is 6. The number of hydrogen-bond donors (Lipinski definition) is 0. The summed E-state index contributed by atoms with van der Waals surface area (Å²) in [7, 11) is 1.90. The maximum absolute atomic E-state index is 12.3. The minimum absolute atomic E-state index is 0.146. The Morgan fingerprint density at radius 3 is 2.43 bits per heavy atom. The molecular weight excluding hydrogens is 288 g/mol. The van der Waals surface area contributed by atoms with Gasteiger partial charge in [-0.05, 0) is 37.2 Å². The van der Waals surface area contributed by atoms with E-state index in [1.54, 1.807) is 6.92 Å². The molecule has 126 valence electrons. The summed E-state index contributed by atoms with van der Waals surface area (Å²) in [6.45, 7) is 4.02. The topological polar surface area (TPSA) is 40.6 Å². The summed E-state index contributed by atoms with van der Waals surface area (Å²) >= 11 is 0. The Labute approximate surface area is 139 Å². The van der Waals surface area contributed by atoms with Crippen LogP contribution in [0.1, 0.15) is 38.2 Å². The van der Waals surface area contributed by atoms with Crippen molar-refractivity contribution >= 4 is 11.8 Å². The highest BCUT2D eigenvalue weighted by molar-refractivity contribution is 5.76. The van der Waals surface area contributed by atoms with E-state index in [2.05, 4.69) is 24.3 Å². The third kappa shape index (κ3) is 5.70. The summed E-state index contributed by atoms with van der Waals surface area (Å²) in [5.74, 6) is 0.807. The van der Waals surface area contributed by atoms with Gasteiger partial charge >= 0.3 is 0 Å². The smallest absolute Gasteiger partial charge is 0.222 e. The Hall–Kier alpha value is -1.84. The Morgan fingerprint density at radius 2 is 1.83 bits per heavy atom. The highest BCUT2D eigenvalue weighted by Gasteiger charge is 2.23. The van der Waals surface area contributed by atoms with Gasteiger partial charge in [0.15, 0.2) is 0 Å². The predicted octanol–water partition coefficient (Wildman–Crippen LogP) is 2.73. The van der Waals surface area contributed by atoms with Crippen molar-refractivity contribution in [3.63, 3.8) is 0 Å². The van der Waals surface area contributed by atoms with Crippen molar-refractivity contribution in [2.45, 2.75) is 39.0 Å². The van der Waals surface area contributed by atoms with Gasteiger partial charge in [-0.3, -0.25) is 9.59 Å². The Kier molecular flexibility index (Phi) is 6.63. The second-order valence-corrected chi connectivity index (χ2v) is 6.56. The van der Waals surface area contributed by atoms with Crippen molar-refractivity contribution in [1.82, 2.24) is 9.80 Å². The Bertz CT molecular complexity index is 507. The molecule has 0 N–H and O–H groups in total. The lowest BCUT2D eigenvalue weighted by Crippen LogP contribution is -2.38. The van der Waals surface area contributed by atoms with E-state index in [4.69, 9.17) is 0 Å². The van der Waals surface area contributed by atoms with Crippen molar-refractivity contribution in [2.75, 3.05) is 26.7 Å². The van der Waals surface area contributed by atoms with E-state index < -0.39 is 0 Å². The van der Waals surface area contributed by atoms with Crippen LogP contribution in [0.4, 0.5) is 0 Å². The molecule has 2 amide bonds. The molecule has 1 aromatic carbocycles. The van der Waals surface area contributed by atoms with Crippen LogP contribution >= 0.6 is 0 Å². The average molecular weight is 316 g/mol. The van der Waals surface area contributed by atoms with Crippen molar-refractivity contribution in [3.05, 3.63) is 35.9 Å². The fourth-order valence-electron chi connectivity index (χ4n) is 3.14. The third-order valence-corrected chi connectivity index (χ3v) is 4.75. The number of likely N-dealkylation sites (tertiary alicyclic amines) is 1. The van der Waals surface area contributed by atoms with Gasteiger partial charge in [0.25, 0.3) is 0 Å². The van der Waals surface area contributed by atoms with Gasteiger partial charge in [0.1, 0.15) is 0 Å². The second-order valence-electron chi connectivity index (χ2n) is 6.56. The first kappa shape index (κ1) is 17.5. The second kappa shape index (κ2) is 8.70. The predicted molar refractivity (Wildman–Crippen MR) is 92.0 cm³/mol. The van der Waals surface area contributed by atoms with Crippen LogP contribution in [0.3, 0.4) is 0 Å². The van der Waals surface area contributed by atoms with E-state index in [9.17, 15) is 9.59 Å². The van der Waals surface area contributed by atoms with Crippen molar-refractivity contribution in [1.29, 1.82) is 0 Å². The van der Waals surface area contributed by atoms with Gasteiger partial charge in [0, 0.05) is 40.0 Å². The monoisotopic (exact) mass is 316 g/mol. The summed E-state index contributed by atoms with van der Waals surface area (Å²) in [4.78, 5) is 27.4. The summed E-state index contributed by atoms with van der Waals surface area (Å²) in [5, 5.41) is 0. The Morgan fingerprint density at radius 1 is 1.17 bits per heavy atom. The fraction of sp³-hybridized carbons (Fsp3) is 0.579. The quantitative estimate of drug-likeness (QED) is 0.809. The van der Waals surface area contributed by atoms with Crippen LogP contribution in [0.15, 0.2) is 30.3 Å². The molecular formula is C19H28N2O2. The summed E-state index contributed by atoms with van der Waals surface area (Å²) in [6, 6.07) is 10.4. The first-order valence-corrected chi connectivity index (χ1v) is 8.59. The number of piperidine rings is 1. The van der Waals surface area contributed by atoms with E-state index in [0.29, 0.717) is 12.3 Å². The van der Waals surface area contributed by atoms with Gasteiger partial charge in [-0.15, -0.1) is 0 Å². The number of hydrogen-bond acceptors (Lipinski definition) is 2. The number of carbonyl (C=O) groups is 2. The molecule has 0 saturated carbocycles. The molecule has 1 fully saturated rings. The zero-order valence-electron chi connectivity index (χ0n) is 14.3. The molecule has 0 aromatic heterocycles. The van der Waals surface area contributed by atoms with E-state index >= 15 is 0 Å². The molecule has 2 rings (SSSR count). The number of amides is 2. The summed E-state index contributed by atoms with van der Waals surface area (Å²) in [5.41, 5.74) is 1.32. The third-order valence-electron chi connectivity index (χ3n) is 4.75. The normalized spacial score (nSPS) is 15.5. The van der Waals surface area contributed by atoms with Crippen LogP contribution in [-0.2, 0) is 16.0 Å². The molecule has 0 radical (unpaired) electrons. The van der Waals surface area contributed by atoms with E-state index in [1.165, 1.54) is 5.56 Å². The molecule has 0 unspecified atom stereocenters. The zero-order chi connectivity index (χ0) is 16.7. The van der Waals surface area contributed by atoms with Crippen LogP contribution in [0.5, 0.6) is 0 Å². The molecule has 1 saturated heterocycles. The standard InChI is InChI=1S/C19H28N2O2/c1-16(22)21-13-10-18(11-14-21)15-19(23)20(2)12-6-9-17-7-4-3-5-8-17/h3-5,7-8,18H,6,9-15H2,1-2H3. The minimum Gasteiger partial charge on any atom is -0.346 e. The highest BCUT2D eigenvalue weighted by Crippen LogP contribution is 2.21. The molecule has 0 atom stereocenters. The first-order valence-electron chi connectivity index (χ1n) is 8.59. The molecule has 1 aliphatic heterocycles. The molecule has 0 spiro atoms. The maximum Gasteiger partial charge on any atom is 0.222 e. The molecule has 1 heterocycles. The molecule has 1 aromatic rings. The van der Waals surface area contributed by atoms with Crippen molar-refractivity contribution < 1.29 is 9.59 Å². The van der Waals surface area contributed by atoms with E-state index in [-0.39, 0.29) is 11.8 Å². The number of benzene rings is 1. The van der Waals surface area contributed by atoms with Gasteiger partial charge < -0.3 is 9.80 Å². The van der Waals surface area contributed by atoms with Gasteiger partial charge in [-0.25, -0.2) is 0 Å². The Balaban J connectivity index is 1.66. The summed E-state index contributed by atoms with van der Waals surface area (Å²) in [6.07, 6.45) is 4.52. The van der Waals surface area contributed by atoms with Gasteiger partial charge in [0.2, 0.25) is 11.8 Å². The molecule has 0 aliphatic carbocycles. The molecule has 1 aliphatic rings. The largest absolute Gasteiger partial charge is 0.346 e. The summed E-state index contributed by atoms with van der Waals surface area (Å²) < 4.78 is 0. The van der Waals surface area contributed by atoms with Crippen molar-refractivity contribution in [2.24, 2.45) is 5.92 Å². The molecule has 0 bridgehead atoms. The molecule has 4 nitrogen and oxygen atoms in total. The van der Waals surface area contributed by atoms with Crippen molar-refractivity contribution in [3.8, 4) is 0 Å². The van der Waals surface area contributed by atoms with E-state index in [1.807, 2.05) is 22.9 Å². The van der Waals surface area contributed by atoms with Crippen LogP contribution in [0.2, 0.25) is 0 Å². The number of nitrogens with zero attached hydrogens (tertiary/aromatic N) is 2. The zero-order valence-corrected chi connectivity index (χ0v) is 14.3. The lowest BCUT2D eigenvalue weighted by atomic mass is 9.93. The number of aryl methyl sites for hydroxylation is 1. The lowest BCUT2D eigenvalue weighted by molar-refractivity contribution is -0.132. The number of carbonyl (C=O) groups excluding carboxylic acids is 2. The molecule has 23 heavy (non-hydrogen) atoms. The molecule has 4 heteroatoms. The fourth-order valence-corrected chi connectivity index (χ4v) is 3.14. The highest BCUT2D eigenvalue weighted by atomic mass is 16.2. The van der Waals surface area contributed by atoms with Crippen LogP contribution in [0, 0.1) is 5.92 Å². The van der Waals surface area contributed by atoms with Crippen LogP contribution in [-0.4, -0.2) is 48.3 Å². The lowest BCUT2D eigenvalue weighted by Gasteiger charge is -2.31. The van der Waals surface area contributed by atoms with Gasteiger partial charge in [-0.1, -0.05) is 30.3 Å². The van der Waals surface area contributed by atoms with Gasteiger partial charge in [-0.2, -0.15) is 0 Å². The van der Waals surface area contributed by atoms with Crippen LogP contribution in [0.25, 0.3) is 0 Å². The van der Waals surface area contributed by atoms with E-state index in [0.717, 1.165) is 45.3 Å².